The van der Waals surface area contributed by atoms with Crippen molar-refractivity contribution in [2.75, 3.05) is 12.4 Å². The van der Waals surface area contributed by atoms with Gasteiger partial charge in [-0.15, -0.1) is 0 Å². The fraction of sp³-hybridized carbons (Fsp3) is 0.318. The number of amides is 1. The van der Waals surface area contributed by atoms with Crippen molar-refractivity contribution >= 4 is 34.9 Å². The van der Waals surface area contributed by atoms with E-state index in [0.29, 0.717) is 22.1 Å². The largest absolute Gasteiger partial charge is 0.468 e. The normalized spacial score (nSPS) is 15.8. The average molecular weight is 412 g/mol. The SMILES string of the molecule is COC(=O)C1(c2ccc(C(=O)Nc3cn4cc(Cl)ccc4n3)cc2)CCCCC1. The third-order valence-electron chi connectivity index (χ3n) is 5.64. The predicted molar refractivity (Wildman–Crippen MR) is 111 cm³/mol. The summed E-state index contributed by atoms with van der Waals surface area (Å²) >= 11 is 5.98. The number of rotatable bonds is 4. The van der Waals surface area contributed by atoms with Crippen LogP contribution in [0.25, 0.3) is 5.65 Å². The number of nitrogens with zero attached hydrogens (tertiary/aromatic N) is 2. The zero-order valence-electron chi connectivity index (χ0n) is 16.2. The highest BCUT2D eigenvalue weighted by Gasteiger charge is 2.42. The maximum absolute atomic E-state index is 12.6. The van der Waals surface area contributed by atoms with E-state index in [4.69, 9.17) is 16.3 Å². The van der Waals surface area contributed by atoms with E-state index in [2.05, 4.69) is 10.3 Å². The van der Waals surface area contributed by atoms with Crippen LogP contribution in [0.5, 0.6) is 0 Å². The Morgan fingerprint density at radius 3 is 2.48 bits per heavy atom. The second-order valence-electron chi connectivity index (χ2n) is 7.40. The van der Waals surface area contributed by atoms with Gasteiger partial charge in [-0.3, -0.25) is 9.59 Å². The van der Waals surface area contributed by atoms with E-state index < -0.39 is 5.41 Å². The Kier molecular flexibility index (Phi) is 5.28. The fourth-order valence-electron chi connectivity index (χ4n) is 4.12. The van der Waals surface area contributed by atoms with Gasteiger partial charge in [-0.1, -0.05) is 43.0 Å². The summed E-state index contributed by atoms with van der Waals surface area (Å²) in [5.74, 6) is -0.0146. The predicted octanol–water partition coefficient (Wildman–Crippen LogP) is 4.61. The molecule has 1 N–H and O–H groups in total. The van der Waals surface area contributed by atoms with Crippen LogP contribution >= 0.6 is 11.6 Å². The number of pyridine rings is 1. The number of benzene rings is 1. The Morgan fingerprint density at radius 1 is 1.07 bits per heavy atom. The number of hydrogen-bond acceptors (Lipinski definition) is 4. The summed E-state index contributed by atoms with van der Waals surface area (Å²) in [5, 5.41) is 3.39. The van der Waals surface area contributed by atoms with Gasteiger partial charge in [-0.05, 0) is 42.7 Å². The summed E-state index contributed by atoms with van der Waals surface area (Å²) in [6.07, 6.45) is 8.10. The van der Waals surface area contributed by atoms with Gasteiger partial charge in [-0.2, -0.15) is 0 Å². The van der Waals surface area contributed by atoms with Crippen LogP contribution in [0, 0.1) is 0 Å². The van der Waals surface area contributed by atoms with Crippen molar-refractivity contribution in [1.82, 2.24) is 9.38 Å². The molecule has 0 unspecified atom stereocenters. The molecule has 1 amide bonds. The molecule has 4 rings (SSSR count). The molecule has 0 atom stereocenters. The van der Waals surface area contributed by atoms with Crippen molar-refractivity contribution in [3.05, 3.63) is 64.9 Å². The smallest absolute Gasteiger partial charge is 0.316 e. The van der Waals surface area contributed by atoms with Crippen molar-refractivity contribution in [1.29, 1.82) is 0 Å². The van der Waals surface area contributed by atoms with Gasteiger partial charge in [0.05, 0.1) is 23.7 Å². The maximum Gasteiger partial charge on any atom is 0.316 e. The molecule has 2 aromatic heterocycles. The van der Waals surface area contributed by atoms with Gasteiger partial charge in [-0.25, -0.2) is 4.98 Å². The number of hydrogen-bond donors (Lipinski definition) is 1. The minimum absolute atomic E-state index is 0.197. The molecular formula is C22H22ClN3O3. The van der Waals surface area contributed by atoms with Crippen molar-refractivity contribution in [3.8, 4) is 0 Å². The lowest BCUT2D eigenvalue weighted by Gasteiger charge is -2.35. The summed E-state index contributed by atoms with van der Waals surface area (Å²) in [6, 6.07) is 10.7. The molecule has 1 fully saturated rings. The second-order valence-corrected chi connectivity index (χ2v) is 7.84. The highest BCUT2D eigenvalue weighted by atomic mass is 35.5. The van der Waals surface area contributed by atoms with Gasteiger partial charge in [0.15, 0.2) is 5.82 Å². The molecule has 1 aliphatic rings. The van der Waals surface area contributed by atoms with E-state index in [1.165, 1.54) is 7.11 Å². The van der Waals surface area contributed by atoms with Crippen molar-refractivity contribution in [2.45, 2.75) is 37.5 Å². The first kappa shape index (κ1) is 19.5. The number of fused-ring (bicyclic) bond motifs is 1. The lowest BCUT2D eigenvalue weighted by atomic mass is 9.69. The number of imidazole rings is 1. The fourth-order valence-corrected chi connectivity index (χ4v) is 4.28. The molecule has 0 radical (unpaired) electrons. The van der Waals surface area contributed by atoms with E-state index >= 15 is 0 Å². The quantitative estimate of drug-likeness (QED) is 0.636. The monoisotopic (exact) mass is 411 g/mol. The molecule has 150 valence electrons. The second kappa shape index (κ2) is 7.87. The number of ether oxygens (including phenoxy) is 1. The Balaban J connectivity index is 1.54. The Morgan fingerprint density at radius 2 is 1.79 bits per heavy atom. The molecule has 0 aliphatic heterocycles. The number of halogens is 1. The Bertz CT molecular complexity index is 1050. The average Bonchev–Trinajstić information content (AvgIpc) is 3.15. The van der Waals surface area contributed by atoms with Gasteiger partial charge >= 0.3 is 5.97 Å². The first-order chi connectivity index (χ1) is 14.0. The molecule has 29 heavy (non-hydrogen) atoms. The number of carbonyl (C=O) groups excluding carboxylic acids is 2. The molecular weight excluding hydrogens is 390 g/mol. The molecule has 0 spiro atoms. The van der Waals surface area contributed by atoms with Gasteiger partial charge in [0.1, 0.15) is 5.65 Å². The van der Waals surface area contributed by atoms with Crippen LogP contribution in [-0.2, 0) is 14.9 Å². The van der Waals surface area contributed by atoms with Crippen LogP contribution in [0.4, 0.5) is 5.82 Å². The maximum atomic E-state index is 12.6. The zero-order valence-corrected chi connectivity index (χ0v) is 16.9. The molecule has 0 saturated heterocycles. The summed E-state index contributed by atoms with van der Waals surface area (Å²) in [6.45, 7) is 0. The van der Waals surface area contributed by atoms with Crippen LogP contribution in [0.2, 0.25) is 5.02 Å². The summed E-state index contributed by atoms with van der Waals surface area (Å²) in [7, 11) is 1.43. The first-order valence-corrected chi connectivity index (χ1v) is 10.0. The minimum atomic E-state index is -0.608. The minimum Gasteiger partial charge on any atom is -0.468 e. The van der Waals surface area contributed by atoms with Gasteiger partial charge in [0.25, 0.3) is 5.91 Å². The summed E-state index contributed by atoms with van der Waals surface area (Å²) in [4.78, 5) is 29.5. The third-order valence-corrected chi connectivity index (χ3v) is 5.86. The molecule has 1 aliphatic carbocycles. The van der Waals surface area contributed by atoms with Crippen LogP contribution in [0.15, 0.2) is 48.8 Å². The number of methoxy groups -OCH3 is 1. The molecule has 3 aromatic rings. The number of carbonyl (C=O) groups is 2. The standard InChI is InChI=1S/C22H22ClN3O3/c1-29-21(28)22(11-3-2-4-12-22)16-7-5-15(6-8-16)20(27)25-18-14-26-13-17(23)9-10-19(26)24-18/h5-10,13-14H,2-4,11-12H2,1H3,(H,25,27). The first-order valence-electron chi connectivity index (χ1n) is 9.66. The Hall–Kier alpha value is -2.86. The molecule has 6 nitrogen and oxygen atoms in total. The molecule has 1 saturated carbocycles. The van der Waals surface area contributed by atoms with Crippen molar-refractivity contribution < 1.29 is 14.3 Å². The van der Waals surface area contributed by atoms with Crippen LogP contribution in [0.3, 0.4) is 0 Å². The molecule has 2 heterocycles. The molecule has 0 bridgehead atoms. The van der Waals surface area contributed by atoms with Gasteiger partial charge in [0.2, 0.25) is 0 Å². The van der Waals surface area contributed by atoms with Crippen LogP contribution in [-0.4, -0.2) is 28.4 Å². The van der Waals surface area contributed by atoms with E-state index in [0.717, 1.165) is 37.7 Å². The zero-order chi connectivity index (χ0) is 20.4. The van der Waals surface area contributed by atoms with Crippen molar-refractivity contribution in [2.24, 2.45) is 0 Å². The lowest BCUT2D eigenvalue weighted by Crippen LogP contribution is -2.38. The van der Waals surface area contributed by atoms with Crippen LogP contribution in [0.1, 0.15) is 48.0 Å². The molecule has 7 heteroatoms. The van der Waals surface area contributed by atoms with Gasteiger partial charge in [0, 0.05) is 11.8 Å². The number of anilines is 1. The highest BCUT2D eigenvalue weighted by Crippen LogP contribution is 2.40. The van der Waals surface area contributed by atoms with E-state index in [1.807, 2.05) is 12.1 Å². The third kappa shape index (κ3) is 3.72. The number of aromatic nitrogens is 2. The topological polar surface area (TPSA) is 72.7 Å². The molecule has 1 aromatic carbocycles. The number of esters is 1. The summed E-state index contributed by atoms with van der Waals surface area (Å²) in [5.41, 5.74) is 1.49. The van der Waals surface area contributed by atoms with Crippen LogP contribution < -0.4 is 5.32 Å². The lowest BCUT2D eigenvalue weighted by molar-refractivity contribution is -0.149. The number of nitrogens with one attached hydrogen (secondary N) is 1. The Labute approximate surface area is 173 Å². The summed E-state index contributed by atoms with van der Waals surface area (Å²) < 4.78 is 6.86. The van der Waals surface area contributed by atoms with Crippen molar-refractivity contribution in [3.63, 3.8) is 0 Å². The van der Waals surface area contributed by atoms with E-state index in [-0.39, 0.29) is 11.9 Å². The van der Waals surface area contributed by atoms with E-state index in [1.54, 1.807) is 41.1 Å². The van der Waals surface area contributed by atoms with E-state index in [9.17, 15) is 9.59 Å². The highest BCUT2D eigenvalue weighted by molar-refractivity contribution is 6.30. The van der Waals surface area contributed by atoms with Gasteiger partial charge < -0.3 is 14.5 Å².